The summed E-state index contributed by atoms with van der Waals surface area (Å²) < 4.78 is 60.7. The number of carbonyl (C=O) groups is 1. The van der Waals surface area contributed by atoms with Gasteiger partial charge in [-0.1, -0.05) is 6.07 Å². The van der Waals surface area contributed by atoms with Gasteiger partial charge in [-0.05, 0) is 48.9 Å². The predicted octanol–water partition coefficient (Wildman–Crippen LogP) is 3.67. The Morgan fingerprint density at radius 1 is 1.04 bits per heavy atom. The van der Waals surface area contributed by atoms with E-state index in [0.717, 1.165) is 30.5 Å². The molecule has 0 heterocycles. The molecule has 1 amide bonds. The normalized spacial score (nSPS) is 12.0. The van der Waals surface area contributed by atoms with Crippen LogP contribution in [0.1, 0.15) is 21.5 Å². The van der Waals surface area contributed by atoms with Gasteiger partial charge in [0.15, 0.2) is 9.84 Å². The van der Waals surface area contributed by atoms with Crippen LogP contribution in [-0.2, 0) is 16.0 Å². The second-order valence-electron chi connectivity index (χ2n) is 5.28. The van der Waals surface area contributed by atoms with E-state index >= 15 is 0 Å². The van der Waals surface area contributed by atoms with Gasteiger partial charge >= 0.3 is 6.18 Å². The van der Waals surface area contributed by atoms with Gasteiger partial charge in [-0.15, -0.1) is 0 Å². The summed E-state index contributed by atoms with van der Waals surface area (Å²) in [6.07, 6.45) is -3.44. The molecule has 0 aliphatic rings. The molecule has 0 aliphatic carbocycles. The van der Waals surface area contributed by atoms with Gasteiger partial charge in [-0.25, -0.2) is 8.42 Å². The van der Waals surface area contributed by atoms with Crippen molar-refractivity contribution in [3.8, 4) is 0 Å². The maximum atomic E-state index is 12.5. The van der Waals surface area contributed by atoms with Crippen LogP contribution in [0.3, 0.4) is 0 Å². The molecule has 0 fully saturated rings. The number of anilines is 1. The lowest BCUT2D eigenvalue weighted by Crippen LogP contribution is -2.14. The average Bonchev–Trinajstić information content (AvgIpc) is 2.47. The van der Waals surface area contributed by atoms with Crippen molar-refractivity contribution < 1.29 is 26.4 Å². The molecule has 1 N–H and O–H groups in total. The van der Waals surface area contributed by atoms with Crippen molar-refractivity contribution in [2.45, 2.75) is 18.0 Å². The van der Waals surface area contributed by atoms with Crippen LogP contribution in [0.15, 0.2) is 47.4 Å². The Morgan fingerprint density at radius 3 is 2.12 bits per heavy atom. The number of alkyl halides is 3. The summed E-state index contributed by atoms with van der Waals surface area (Å²) in [6, 6.07) is 8.02. The number of halogens is 3. The van der Waals surface area contributed by atoms with E-state index in [1.165, 1.54) is 12.1 Å². The summed E-state index contributed by atoms with van der Waals surface area (Å²) in [5.74, 6) is -0.627. The van der Waals surface area contributed by atoms with Gasteiger partial charge < -0.3 is 5.32 Å². The SMILES string of the molecule is Cc1ccc(S(C)(=O)=O)cc1NC(=O)c1ccc(C(F)(F)F)cc1. The zero-order valence-corrected chi connectivity index (χ0v) is 13.6. The number of hydrogen-bond acceptors (Lipinski definition) is 3. The third kappa shape index (κ3) is 4.14. The van der Waals surface area contributed by atoms with Crippen molar-refractivity contribution >= 4 is 21.4 Å². The van der Waals surface area contributed by atoms with E-state index in [9.17, 15) is 26.4 Å². The molecule has 0 bridgehead atoms. The van der Waals surface area contributed by atoms with Crippen LogP contribution in [0.5, 0.6) is 0 Å². The maximum absolute atomic E-state index is 12.5. The second kappa shape index (κ2) is 6.27. The van der Waals surface area contributed by atoms with Gasteiger partial charge in [0.2, 0.25) is 0 Å². The minimum atomic E-state index is -4.48. The van der Waals surface area contributed by atoms with Gasteiger partial charge in [-0.2, -0.15) is 13.2 Å². The van der Waals surface area contributed by atoms with Gasteiger partial charge in [0.05, 0.1) is 10.5 Å². The zero-order chi connectivity index (χ0) is 18.1. The van der Waals surface area contributed by atoms with Crippen molar-refractivity contribution in [1.82, 2.24) is 0 Å². The van der Waals surface area contributed by atoms with E-state index in [1.54, 1.807) is 13.0 Å². The highest BCUT2D eigenvalue weighted by molar-refractivity contribution is 7.90. The van der Waals surface area contributed by atoms with E-state index in [4.69, 9.17) is 0 Å². The third-order valence-corrected chi connectivity index (χ3v) is 4.47. The highest BCUT2D eigenvalue weighted by atomic mass is 32.2. The smallest absolute Gasteiger partial charge is 0.322 e. The zero-order valence-electron chi connectivity index (χ0n) is 12.8. The Morgan fingerprint density at radius 2 is 1.62 bits per heavy atom. The fourth-order valence-electron chi connectivity index (χ4n) is 1.97. The standard InChI is InChI=1S/C16H14F3NO3S/c1-10-3-8-13(24(2,22)23)9-14(10)20-15(21)11-4-6-12(7-5-11)16(17,18)19/h3-9H,1-2H3,(H,20,21). The molecular weight excluding hydrogens is 343 g/mol. The van der Waals surface area contributed by atoms with E-state index in [-0.39, 0.29) is 16.1 Å². The molecule has 2 aromatic carbocycles. The molecule has 0 aliphatic heterocycles. The molecule has 0 saturated heterocycles. The van der Waals surface area contributed by atoms with Crippen LogP contribution in [0.4, 0.5) is 18.9 Å². The Bertz CT molecular complexity index is 872. The molecule has 0 unspecified atom stereocenters. The summed E-state index contributed by atoms with van der Waals surface area (Å²) in [5.41, 5.74) is 0.0898. The molecule has 0 saturated carbocycles. The summed E-state index contributed by atoms with van der Waals surface area (Å²) >= 11 is 0. The van der Waals surface area contributed by atoms with Gasteiger partial charge in [0, 0.05) is 17.5 Å². The fourth-order valence-corrected chi connectivity index (χ4v) is 2.62. The number of aryl methyl sites for hydroxylation is 1. The maximum Gasteiger partial charge on any atom is 0.416 e. The topological polar surface area (TPSA) is 63.2 Å². The van der Waals surface area contributed by atoms with Gasteiger partial charge in [0.1, 0.15) is 0 Å². The largest absolute Gasteiger partial charge is 0.416 e. The first-order chi connectivity index (χ1) is 11.0. The molecule has 2 rings (SSSR count). The molecule has 8 heteroatoms. The third-order valence-electron chi connectivity index (χ3n) is 3.36. The fraction of sp³-hybridized carbons (Fsp3) is 0.188. The Balaban J connectivity index is 2.27. The number of hydrogen-bond donors (Lipinski definition) is 1. The van der Waals surface area contributed by atoms with Crippen molar-refractivity contribution in [3.05, 3.63) is 59.2 Å². The molecule has 128 valence electrons. The van der Waals surface area contributed by atoms with Crippen LogP contribution >= 0.6 is 0 Å². The molecule has 0 aromatic heterocycles. The molecular formula is C16H14F3NO3S. The number of nitrogens with one attached hydrogen (secondary N) is 1. The average molecular weight is 357 g/mol. The van der Waals surface area contributed by atoms with Crippen LogP contribution in [0, 0.1) is 6.92 Å². The van der Waals surface area contributed by atoms with E-state index in [1.807, 2.05) is 0 Å². The van der Waals surface area contributed by atoms with Crippen molar-refractivity contribution in [3.63, 3.8) is 0 Å². The summed E-state index contributed by atoms with van der Waals surface area (Å²) in [6.45, 7) is 1.68. The van der Waals surface area contributed by atoms with Gasteiger partial charge in [0.25, 0.3) is 5.91 Å². The Hall–Kier alpha value is -2.35. The number of amides is 1. The number of carbonyl (C=O) groups excluding carboxylic acids is 1. The summed E-state index contributed by atoms with van der Waals surface area (Å²) in [4.78, 5) is 12.2. The van der Waals surface area contributed by atoms with E-state index in [2.05, 4.69) is 5.32 Å². The molecule has 0 spiro atoms. The summed E-state index contributed by atoms with van der Waals surface area (Å²) in [5, 5.41) is 2.51. The minimum Gasteiger partial charge on any atom is -0.322 e. The number of sulfone groups is 1. The first-order valence-corrected chi connectivity index (χ1v) is 8.67. The lowest BCUT2D eigenvalue weighted by atomic mass is 10.1. The molecule has 0 radical (unpaired) electrons. The quantitative estimate of drug-likeness (QED) is 0.912. The Labute approximate surface area is 137 Å². The number of benzene rings is 2. The van der Waals surface area contributed by atoms with Crippen LogP contribution < -0.4 is 5.32 Å². The molecule has 24 heavy (non-hydrogen) atoms. The van der Waals surface area contributed by atoms with Crippen molar-refractivity contribution in [1.29, 1.82) is 0 Å². The van der Waals surface area contributed by atoms with Crippen molar-refractivity contribution in [2.24, 2.45) is 0 Å². The first kappa shape index (κ1) is 18.0. The Kier molecular flexibility index (Phi) is 4.70. The molecule has 4 nitrogen and oxygen atoms in total. The lowest BCUT2D eigenvalue weighted by Gasteiger charge is -2.11. The monoisotopic (exact) mass is 357 g/mol. The minimum absolute atomic E-state index is 0.0344. The van der Waals surface area contributed by atoms with Crippen LogP contribution in [-0.4, -0.2) is 20.6 Å². The van der Waals surface area contributed by atoms with Crippen LogP contribution in [0.2, 0.25) is 0 Å². The van der Waals surface area contributed by atoms with E-state index < -0.39 is 27.5 Å². The highest BCUT2D eigenvalue weighted by Gasteiger charge is 2.30. The predicted molar refractivity (Wildman–Crippen MR) is 83.7 cm³/mol. The second-order valence-corrected chi connectivity index (χ2v) is 7.29. The molecule has 2 aromatic rings. The highest BCUT2D eigenvalue weighted by Crippen LogP contribution is 2.29. The lowest BCUT2D eigenvalue weighted by molar-refractivity contribution is -0.137. The van der Waals surface area contributed by atoms with E-state index in [0.29, 0.717) is 5.56 Å². The number of rotatable bonds is 3. The van der Waals surface area contributed by atoms with Crippen LogP contribution in [0.25, 0.3) is 0 Å². The van der Waals surface area contributed by atoms with Crippen molar-refractivity contribution in [2.75, 3.05) is 11.6 Å². The first-order valence-electron chi connectivity index (χ1n) is 6.78. The van der Waals surface area contributed by atoms with Gasteiger partial charge in [-0.3, -0.25) is 4.79 Å². The molecule has 0 atom stereocenters. The summed E-state index contributed by atoms with van der Waals surface area (Å²) in [7, 11) is -3.44.